The van der Waals surface area contributed by atoms with Crippen LogP contribution in [-0.4, -0.2) is 41.5 Å². The lowest BCUT2D eigenvalue weighted by atomic mass is 9.93. The first-order valence-corrected chi connectivity index (χ1v) is 16.9. The highest BCUT2D eigenvalue weighted by molar-refractivity contribution is 5.96. The molecule has 3 amide bonds. The van der Waals surface area contributed by atoms with E-state index in [0.29, 0.717) is 24.4 Å². The third kappa shape index (κ3) is 7.59. The highest BCUT2D eigenvalue weighted by Crippen LogP contribution is 2.44. The molecule has 1 fully saturated rings. The number of carbonyl (C=O) groups is 3. The lowest BCUT2D eigenvalue weighted by molar-refractivity contribution is -0.118. The number of anilines is 1. The lowest BCUT2D eigenvalue weighted by Gasteiger charge is -2.34. The molecule has 8 heteroatoms. The first-order chi connectivity index (χ1) is 23.0. The second kappa shape index (κ2) is 15.2. The Morgan fingerprint density at radius 1 is 0.872 bits per heavy atom. The fourth-order valence-electron chi connectivity index (χ4n) is 6.88. The number of furan rings is 1. The summed E-state index contributed by atoms with van der Waals surface area (Å²) in [5.41, 5.74) is 6.18. The molecule has 2 N–H and O–H groups in total. The summed E-state index contributed by atoms with van der Waals surface area (Å²) in [4.78, 5) is 41.7. The molecule has 8 nitrogen and oxygen atoms in total. The Morgan fingerprint density at radius 2 is 1.55 bits per heavy atom. The predicted octanol–water partition coefficient (Wildman–Crippen LogP) is 8.29. The SMILES string of the molecule is CCCC[C@H](NC(=O)OCC1c2ccccc2-c2ccccc21)C(=O)Nc1ccc(CN(C(=O)c2ccco2)C2CCCCC2)cc1. The van der Waals surface area contributed by atoms with Crippen molar-refractivity contribution < 1.29 is 23.5 Å². The van der Waals surface area contributed by atoms with Gasteiger partial charge in [0.1, 0.15) is 12.6 Å². The molecule has 0 aliphatic heterocycles. The smallest absolute Gasteiger partial charge is 0.407 e. The third-order valence-electron chi connectivity index (χ3n) is 9.38. The molecule has 2 aliphatic rings. The number of amides is 3. The number of fused-ring (bicyclic) bond motifs is 3. The van der Waals surface area contributed by atoms with Crippen molar-refractivity contribution in [1.29, 1.82) is 0 Å². The van der Waals surface area contributed by atoms with Gasteiger partial charge in [-0.3, -0.25) is 9.59 Å². The number of nitrogens with one attached hydrogen (secondary N) is 2. The predicted molar refractivity (Wildman–Crippen MR) is 182 cm³/mol. The zero-order chi connectivity index (χ0) is 32.6. The molecule has 47 heavy (non-hydrogen) atoms. The Labute approximate surface area is 276 Å². The van der Waals surface area contributed by atoms with E-state index in [1.54, 1.807) is 12.1 Å². The summed E-state index contributed by atoms with van der Waals surface area (Å²) in [5, 5.41) is 5.78. The van der Waals surface area contributed by atoms with Gasteiger partial charge in [0.25, 0.3) is 5.91 Å². The first kappa shape index (κ1) is 32.1. The van der Waals surface area contributed by atoms with Crippen molar-refractivity contribution >= 4 is 23.6 Å². The third-order valence-corrected chi connectivity index (χ3v) is 9.38. The summed E-state index contributed by atoms with van der Waals surface area (Å²) in [6, 6.07) is 26.8. The van der Waals surface area contributed by atoms with Gasteiger partial charge >= 0.3 is 6.09 Å². The van der Waals surface area contributed by atoms with Gasteiger partial charge in [-0.05, 0) is 71.3 Å². The number of alkyl carbamates (subject to hydrolysis) is 1. The van der Waals surface area contributed by atoms with Crippen LogP contribution >= 0.6 is 0 Å². The largest absolute Gasteiger partial charge is 0.459 e. The van der Waals surface area contributed by atoms with Crippen LogP contribution in [0, 0.1) is 0 Å². The van der Waals surface area contributed by atoms with Gasteiger partial charge in [0.2, 0.25) is 5.91 Å². The first-order valence-electron chi connectivity index (χ1n) is 16.9. The Balaban J connectivity index is 1.07. The van der Waals surface area contributed by atoms with Crippen LogP contribution < -0.4 is 10.6 Å². The van der Waals surface area contributed by atoms with E-state index < -0.39 is 12.1 Å². The van der Waals surface area contributed by atoms with Gasteiger partial charge in [0.05, 0.1) is 6.26 Å². The minimum atomic E-state index is -0.738. The molecule has 1 saturated carbocycles. The van der Waals surface area contributed by atoms with Crippen LogP contribution in [0.4, 0.5) is 10.5 Å². The molecular formula is C39H43N3O5. The molecule has 244 valence electrons. The van der Waals surface area contributed by atoms with Gasteiger partial charge < -0.3 is 24.7 Å². The fourth-order valence-corrected chi connectivity index (χ4v) is 6.88. The van der Waals surface area contributed by atoms with E-state index in [9.17, 15) is 14.4 Å². The maximum Gasteiger partial charge on any atom is 0.407 e. The number of hydrogen-bond acceptors (Lipinski definition) is 5. The molecule has 0 unspecified atom stereocenters. The number of benzene rings is 3. The van der Waals surface area contributed by atoms with Gasteiger partial charge in [-0.15, -0.1) is 0 Å². The lowest BCUT2D eigenvalue weighted by Crippen LogP contribution is -2.44. The van der Waals surface area contributed by atoms with Crippen molar-refractivity contribution in [2.45, 2.75) is 82.8 Å². The average molecular weight is 634 g/mol. The number of ether oxygens (including phenoxy) is 1. The molecule has 3 aromatic carbocycles. The van der Waals surface area contributed by atoms with Crippen LogP contribution in [-0.2, 0) is 16.1 Å². The van der Waals surface area contributed by atoms with E-state index >= 15 is 0 Å². The van der Waals surface area contributed by atoms with Crippen molar-refractivity contribution in [3.05, 3.63) is 114 Å². The van der Waals surface area contributed by atoms with E-state index in [1.165, 1.54) is 12.7 Å². The van der Waals surface area contributed by atoms with Crippen LogP contribution in [0.2, 0.25) is 0 Å². The summed E-state index contributed by atoms with van der Waals surface area (Å²) in [6.07, 6.45) is 8.47. The molecule has 0 saturated heterocycles. The standard InChI is InChI=1S/C39H43N3O5/c1-2-3-18-35(41-39(45)47-26-34-32-16-9-7-14-30(32)31-15-8-10-17-33(31)34)37(43)40-28-22-20-27(21-23-28)25-42(29-12-5-4-6-13-29)38(44)36-19-11-24-46-36/h7-11,14-17,19-24,29,34-35H,2-6,12-13,18,25-26H2,1H3,(H,40,43)(H,41,45)/t35-/m0/s1. The molecular weight excluding hydrogens is 590 g/mol. The van der Waals surface area contributed by atoms with E-state index in [-0.39, 0.29) is 30.4 Å². The summed E-state index contributed by atoms with van der Waals surface area (Å²) in [6.45, 7) is 2.69. The Morgan fingerprint density at radius 3 is 2.19 bits per heavy atom. The Kier molecular flexibility index (Phi) is 10.4. The fraction of sp³-hybridized carbons (Fsp3) is 0.359. The molecule has 1 aromatic heterocycles. The molecule has 1 heterocycles. The summed E-state index contributed by atoms with van der Waals surface area (Å²) in [5.74, 6) is -0.103. The molecule has 1 atom stereocenters. The van der Waals surface area contributed by atoms with Gasteiger partial charge in [-0.25, -0.2) is 4.79 Å². The van der Waals surface area contributed by atoms with Crippen molar-refractivity contribution in [1.82, 2.24) is 10.2 Å². The van der Waals surface area contributed by atoms with Crippen molar-refractivity contribution in [2.24, 2.45) is 0 Å². The van der Waals surface area contributed by atoms with Gasteiger partial charge in [-0.2, -0.15) is 0 Å². The van der Waals surface area contributed by atoms with Crippen molar-refractivity contribution in [3.8, 4) is 11.1 Å². The van der Waals surface area contributed by atoms with E-state index in [0.717, 1.165) is 66.3 Å². The van der Waals surface area contributed by atoms with Crippen molar-refractivity contribution in [3.63, 3.8) is 0 Å². The highest BCUT2D eigenvalue weighted by atomic mass is 16.5. The maximum atomic E-state index is 13.4. The van der Waals surface area contributed by atoms with E-state index in [4.69, 9.17) is 9.15 Å². The molecule has 0 spiro atoms. The zero-order valence-electron chi connectivity index (χ0n) is 27.0. The van der Waals surface area contributed by atoms with Gasteiger partial charge in [0.15, 0.2) is 5.76 Å². The molecule has 4 aromatic rings. The van der Waals surface area contributed by atoms with Crippen LogP contribution in [0.3, 0.4) is 0 Å². The second-order valence-corrected chi connectivity index (χ2v) is 12.6. The topological polar surface area (TPSA) is 101 Å². The molecule has 2 aliphatic carbocycles. The highest BCUT2D eigenvalue weighted by Gasteiger charge is 2.30. The molecule has 0 bridgehead atoms. The molecule has 6 rings (SSSR count). The Bertz CT molecular complexity index is 1610. The van der Waals surface area contributed by atoms with E-state index in [2.05, 4.69) is 34.9 Å². The van der Waals surface area contributed by atoms with Gasteiger partial charge in [0, 0.05) is 24.2 Å². The maximum absolute atomic E-state index is 13.4. The number of rotatable bonds is 12. The minimum Gasteiger partial charge on any atom is -0.459 e. The summed E-state index contributed by atoms with van der Waals surface area (Å²) < 4.78 is 11.2. The number of nitrogens with zero attached hydrogens (tertiary/aromatic N) is 1. The Hall–Kier alpha value is -4.85. The quantitative estimate of drug-likeness (QED) is 0.164. The number of carbonyl (C=O) groups excluding carboxylic acids is 3. The normalized spacial score (nSPS) is 14.9. The average Bonchev–Trinajstić information content (AvgIpc) is 3.76. The van der Waals surface area contributed by atoms with Crippen LogP contribution in [0.15, 0.2) is 95.6 Å². The summed E-state index contributed by atoms with van der Waals surface area (Å²) >= 11 is 0. The van der Waals surface area contributed by atoms with Crippen LogP contribution in [0.5, 0.6) is 0 Å². The zero-order valence-corrected chi connectivity index (χ0v) is 27.0. The minimum absolute atomic E-state index is 0.0574. The summed E-state index contributed by atoms with van der Waals surface area (Å²) in [7, 11) is 0. The second-order valence-electron chi connectivity index (χ2n) is 12.6. The monoisotopic (exact) mass is 633 g/mol. The van der Waals surface area contributed by atoms with Crippen LogP contribution in [0.1, 0.15) is 91.5 Å². The number of unbranched alkanes of at least 4 members (excludes halogenated alkanes) is 1. The van der Waals surface area contributed by atoms with Crippen LogP contribution in [0.25, 0.3) is 11.1 Å². The van der Waals surface area contributed by atoms with Crippen molar-refractivity contribution in [2.75, 3.05) is 11.9 Å². The number of hydrogen-bond donors (Lipinski definition) is 2. The van der Waals surface area contributed by atoms with E-state index in [1.807, 2.05) is 60.4 Å². The van der Waals surface area contributed by atoms with Gasteiger partial charge in [-0.1, -0.05) is 99.7 Å². The molecule has 0 radical (unpaired) electrons.